The highest BCUT2D eigenvalue weighted by atomic mass is 16.5. The first kappa shape index (κ1) is 16.5. The molecule has 0 bridgehead atoms. The van der Waals surface area contributed by atoms with Gasteiger partial charge in [-0.1, -0.05) is 0 Å². The molecule has 1 saturated heterocycles. The van der Waals surface area contributed by atoms with Crippen LogP contribution in [-0.2, 0) is 9.53 Å². The molecule has 1 aromatic carbocycles. The van der Waals surface area contributed by atoms with E-state index in [1.165, 1.54) is 20.0 Å². The molecule has 1 fully saturated rings. The lowest BCUT2D eigenvalue weighted by atomic mass is 10.1. The number of hydrogen-bond acceptors (Lipinski definition) is 5. The van der Waals surface area contributed by atoms with Gasteiger partial charge in [-0.3, -0.25) is 14.5 Å². The Kier molecular flexibility index (Phi) is 6.40. The molecule has 0 atom stereocenters. The van der Waals surface area contributed by atoms with Gasteiger partial charge in [0.1, 0.15) is 12.4 Å². The summed E-state index contributed by atoms with van der Waals surface area (Å²) in [6, 6.07) is 7.08. The normalized spacial score (nSPS) is 14.8. The molecule has 1 aliphatic rings. The Balaban J connectivity index is 1.74. The van der Waals surface area contributed by atoms with E-state index in [-0.39, 0.29) is 24.6 Å². The highest BCUT2D eigenvalue weighted by Gasteiger charge is 2.11. The average molecular weight is 305 g/mol. The van der Waals surface area contributed by atoms with Gasteiger partial charge in [-0.2, -0.15) is 0 Å². The van der Waals surface area contributed by atoms with Crippen LogP contribution >= 0.6 is 0 Å². The second-order valence-corrected chi connectivity index (χ2v) is 5.42. The summed E-state index contributed by atoms with van der Waals surface area (Å²) in [5.41, 5.74) is 0.593. The van der Waals surface area contributed by atoms with Crippen molar-refractivity contribution in [1.82, 2.24) is 4.90 Å². The van der Waals surface area contributed by atoms with E-state index >= 15 is 0 Å². The first-order valence-electron chi connectivity index (χ1n) is 7.74. The summed E-state index contributed by atoms with van der Waals surface area (Å²) in [7, 11) is 1.32. The molecule has 5 nitrogen and oxygen atoms in total. The maximum Gasteiger partial charge on any atom is 0.305 e. The quantitative estimate of drug-likeness (QED) is 0.545. The number of ketones is 1. The summed E-state index contributed by atoms with van der Waals surface area (Å²) >= 11 is 0. The lowest BCUT2D eigenvalue weighted by Crippen LogP contribution is -2.25. The smallest absolute Gasteiger partial charge is 0.305 e. The van der Waals surface area contributed by atoms with Crippen molar-refractivity contribution in [2.24, 2.45) is 0 Å². The summed E-state index contributed by atoms with van der Waals surface area (Å²) in [6.07, 6.45) is 2.84. The fraction of sp³-hybridized carbons (Fsp3) is 0.529. The van der Waals surface area contributed by atoms with Gasteiger partial charge in [-0.05, 0) is 50.2 Å². The number of methoxy groups -OCH3 is 1. The summed E-state index contributed by atoms with van der Waals surface area (Å²) in [5, 5.41) is 0. The van der Waals surface area contributed by atoms with Crippen LogP contribution in [0.5, 0.6) is 5.75 Å². The Bertz CT molecular complexity index is 492. The van der Waals surface area contributed by atoms with Gasteiger partial charge < -0.3 is 9.47 Å². The number of Topliss-reactive ketones (excluding diaryl/α,β-unsaturated/α-hetero) is 1. The number of rotatable bonds is 8. The first-order chi connectivity index (χ1) is 10.7. The van der Waals surface area contributed by atoms with Crippen molar-refractivity contribution in [2.75, 3.05) is 33.4 Å². The third-order valence-corrected chi connectivity index (χ3v) is 3.84. The van der Waals surface area contributed by atoms with Crippen LogP contribution in [0.25, 0.3) is 0 Å². The number of hydrogen-bond donors (Lipinski definition) is 0. The summed E-state index contributed by atoms with van der Waals surface area (Å²) in [6.45, 7) is 3.93. The summed E-state index contributed by atoms with van der Waals surface area (Å²) in [5.74, 6) is 0.341. The molecule has 0 aromatic heterocycles. The lowest BCUT2D eigenvalue weighted by Gasteiger charge is -2.14. The van der Waals surface area contributed by atoms with Crippen molar-refractivity contribution >= 4 is 11.8 Å². The number of nitrogens with zero attached hydrogens (tertiary/aromatic N) is 1. The molecule has 1 aliphatic heterocycles. The Morgan fingerprint density at radius 3 is 2.41 bits per heavy atom. The molecule has 0 amide bonds. The van der Waals surface area contributed by atoms with E-state index in [2.05, 4.69) is 9.64 Å². The van der Waals surface area contributed by atoms with Gasteiger partial charge >= 0.3 is 5.97 Å². The Morgan fingerprint density at radius 1 is 1.09 bits per heavy atom. The number of benzene rings is 1. The van der Waals surface area contributed by atoms with Crippen LogP contribution in [0.1, 0.15) is 36.0 Å². The zero-order chi connectivity index (χ0) is 15.8. The molecule has 2 rings (SSSR count). The Labute approximate surface area is 131 Å². The topological polar surface area (TPSA) is 55.8 Å². The SMILES string of the molecule is COC(=O)CCC(=O)c1ccc(OCCN2CCCC2)cc1. The molecule has 22 heavy (non-hydrogen) atoms. The molecular formula is C17H23NO4. The second kappa shape index (κ2) is 8.54. The van der Waals surface area contributed by atoms with Crippen molar-refractivity contribution in [1.29, 1.82) is 0 Å². The fourth-order valence-corrected chi connectivity index (χ4v) is 2.50. The zero-order valence-corrected chi connectivity index (χ0v) is 13.0. The van der Waals surface area contributed by atoms with E-state index in [0.29, 0.717) is 12.2 Å². The van der Waals surface area contributed by atoms with E-state index in [1.807, 2.05) is 0 Å². The van der Waals surface area contributed by atoms with Crippen molar-refractivity contribution in [2.45, 2.75) is 25.7 Å². The molecule has 0 radical (unpaired) electrons. The maximum atomic E-state index is 11.9. The number of ether oxygens (including phenoxy) is 2. The number of carbonyl (C=O) groups is 2. The molecule has 0 aliphatic carbocycles. The van der Waals surface area contributed by atoms with Gasteiger partial charge in [-0.15, -0.1) is 0 Å². The van der Waals surface area contributed by atoms with Gasteiger partial charge in [-0.25, -0.2) is 0 Å². The van der Waals surface area contributed by atoms with Gasteiger partial charge in [0.25, 0.3) is 0 Å². The first-order valence-corrected chi connectivity index (χ1v) is 7.74. The zero-order valence-electron chi connectivity index (χ0n) is 13.0. The molecule has 0 N–H and O–H groups in total. The monoisotopic (exact) mass is 305 g/mol. The third-order valence-electron chi connectivity index (χ3n) is 3.84. The van der Waals surface area contributed by atoms with Crippen molar-refractivity contribution < 1.29 is 19.1 Å². The summed E-state index contributed by atoms with van der Waals surface area (Å²) < 4.78 is 10.2. The van der Waals surface area contributed by atoms with Crippen LogP contribution in [0.15, 0.2) is 24.3 Å². The molecule has 0 unspecified atom stereocenters. The van der Waals surface area contributed by atoms with Crippen molar-refractivity contribution in [3.63, 3.8) is 0 Å². The van der Waals surface area contributed by atoms with Crippen LogP contribution in [0.4, 0.5) is 0 Å². The predicted molar refractivity (Wildman–Crippen MR) is 83.2 cm³/mol. The molecule has 120 valence electrons. The highest BCUT2D eigenvalue weighted by Crippen LogP contribution is 2.15. The van der Waals surface area contributed by atoms with E-state index in [1.54, 1.807) is 24.3 Å². The number of likely N-dealkylation sites (tertiary alicyclic amines) is 1. The molecule has 1 aromatic rings. The maximum absolute atomic E-state index is 11.9. The van der Waals surface area contributed by atoms with Gasteiger partial charge in [0.15, 0.2) is 5.78 Å². The summed E-state index contributed by atoms with van der Waals surface area (Å²) in [4.78, 5) is 25.3. The lowest BCUT2D eigenvalue weighted by molar-refractivity contribution is -0.140. The fourth-order valence-electron chi connectivity index (χ4n) is 2.50. The Morgan fingerprint density at radius 2 is 1.77 bits per heavy atom. The third kappa shape index (κ3) is 5.15. The van der Waals surface area contributed by atoms with Crippen LogP contribution in [-0.4, -0.2) is 50.0 Å². The largest absolute Gasteiger partial charge is 0.492 e. The molecule has 5 heteroatoms. The Hall–Kier alpha value is -1.88. The van der Waals surface area contributed by atoms with Crippen LogP contribution < -0.4 is 4.74 Å². The van der Waals surface area contributed by atoms with Crippen LogP contribution in [0, 0.1) is 0 Å². The molecule has 0 spiro atoms. The molecule has 0 saturated carbocycles. The van der Waals surface area contributed by atoms with E-state index in [4.69, 9.17) is 4.74 Å². The minimum atomic E-state index is -0.366. The number of carbonyl (C=O) groups excluding carboxylic acids is 2. The minimum absolute atomic E-state index is 0.0611. The van der Waals surface area contributed by atoms with Crippen molar-refractivity contribution in [3.05, 3.63) is 29.8 Å². The second-order valence-electron chi connectivity index (χ2n) is 5.42. The number of esters is 1. The standard InChI is InChI=1S/C17H23NO4/c1-21-17(20)9-8-16(19)14-4-6-15(7-5-14)22-13-12-18-10-2-3-11-18/h4-7H,2-3,8-13H2,1H3. The predicted octanol–water partition coefficient (Wildman–Crippen LogP) is 2.30. The minimum Gasteiger partial charge on any atom is -0.492 e. The molecule has 1 heterocycles. The van der Waals surface area contributed by atoms with Crippen LogP contribution in [0.2, 0.25) is 0 Å². The van der Waals surface area contributed by atoms with Crippen LogP contribution in [0.3, 0.4) is 0 Å². The van der Waals surface area contributed by atoms with Gasteiger partial charge in [0, 0.05) is 18.5 Å². The van der Waals surface area contributed by atoms with E-state index in [9.17, 15) is 9.59 Å². The van der Waals surface area contributed by atoms with Crippen molar-refractivity contribution in [3.8, 4) is 5.75 Å². The average Bonchev–Trinajstić information content (AvgIpc) is 3.06. The van der Waals surface area contributed by atoms with Gasteiger partial charge in [0.2, 0.25) is 0 Å². The van der Waals surface area contributed by atoms with E-state index in [0.717, 1.165) is 25.4 Å². The highest BCUT2D eigenvalue weighted by molar-refractivity contribution is 5.97. The van der Waals surface area contributed by atoms with Gasteiger partial charge in [0.05, 0.1) is 13.5 Å². The van der Waals surface area contributed by atoms with E-state index < -0.39 is 0 Å². The molecular weight excluding hydrogens is 282 g/mol.